The molecule has 2 saturated heterocycles. The largest absolute Gasteiger partial charge is 0.379 e. The Hall–Kier alpha value is -0.850. The maximum absolute atomic E-state index is 12.5. The van der Waals surface area contributed by atoms with Crippen LogP contribution in [0.15, 0.2) is 0 Å². The highest BCUT2D eigenvalue weighted by Crippen LogP contribution is 2.42. The molecule has 132 valence electrons. The van der Waals surface area contributed by atoms with E-state index in [0.29, 0.717) is 38.8 Å². The van der Waals surface area contributed by atoms with Gasteiger partial charge >= 0.3 is 6.03 Å². The molecule has 0 radical (unpaired) electrons. The predicted molar refractivity (Wildman–Crippen MR) is 86.2 cm³/mol. The summed E-state index contributed by atoms with van der Waals surface area (Å²) in [5.41, 5.74) is 0.221. The molecule has 2 aliphatic heterocycles. The van der Waals surface area contributed by atoms with Gasteiger partial charge in [0.25, 0.3) is 0 Å². The first-order valence-electron chi connectivity index (χ1n) is 8.89. The molecule has 3 rings (SSSR count). The number of nitrogens with one attached hydrogen (secondary N) is 1. The lowest BCUT2D eigenvalue weighted by Crippen LogP contribution is -2.49. The minimum absolute atomic E-state index is 0.0343. The van der Waals surface area contributed by atoms with Crippen molar-refractivity contribution in [3.63, 3.8) is 0 Å². The second-order valence-electron chi connectivity index (χ2n) is 7.65. The van der Waals surface area contributed by atoms with Crippen LogP contribution in [0.25, 0.3) is 0 Å². The van der Waals surface area contributed by atoms with Crippen molar-refractivity contribution in [2.75, 3.05) is 46.1 Å². The predicted octanol–water partition coefficient (Wildman–Crippen LogP) is 1.99. The molecule has 0 aromatic heterocycles. The summed E-state index contributed by atoms with van der Waals surface area (Å²) in [6, 6.07) is 0.0343. The average molecular weight is 326 g/mol. The van der Waals surface area contributed by atoms with E-state index < -0.39 is 5.79 Å². The lowest BCUT2D eigenvalue weighted by Gasteiger charge is -2.42. The van der Waals surface area contributed by atoms with Gasteiger partial charge in [0.1, 0.15) is 0 Å². The van der Waals surface area contributed by atoms with E-state index in [4.69, 9.17) is 14.2 Å². The van der Waals surface area contributed by atoms with Gasteiger partial charge in [-0.1, -0.05) is 13.3 Å². The van der Waals surface area contributed by atoms with Gasteiger partial charge in [0.15, 0.2) is 5.79 Å². The standard InChI is InChI=1S/C17H30N2O4/c1-14(10-16(2)22-8-9-23-16)11-18-15(20)19-6-7-21-13-17(12-19)4-3-5-17/h14H,3-13H2,1-2H3,(H,18,20)/t14-/m1/s1. The molecular formula is C17H30N2O4. The maximum atomic E-state index is 12.5. The third-order valence-corrected chi connectivity index (χ3v) is 5.36. The zero-order valence-corrected chi connectivity index (χ0v) is 14.4. The van der Waals surface area contributed by atoms with Crippen molar-refractivity contribution < 1.29 is 19.0 Å². The zero-order chi connectivity index (χ0) is 16.3. The Bertz CT molecular complexity index is 419. The van der Waals surface area contributed by atoms with Crippen LogP contribution in [0.4, 0.5) is 4.79 Å². The molecule has 0 bridgehead atoms. The van der Waals surface area contributed by atoms with E-state index in [-0.39, 0.29) is 11.4 Å². The van der Waals surface area contributed by atoms with E-state index in [1.165, 1.54) is 19.3 Å². The van der Waals surface area contributed by atoms with Crippen LogP contribution in [0.3, 0.4) is 0 Å². The first kappa shape index (κ1) is 17.0. The molecule has 0 aromatic rings. The van der Waals surface area contributed by atoms with Crippen LogP contribution in [0.1, 0.15) is 39.5 Å². The molecular weight excluding hydrogens is 296 g/mol. The number of nitrogens with zero attached hydrogens (tertiary/aromatic N) is 1. The summed E-state index contributed by atoms with van der Waals surface area (Å²) in [6.07, 6.45) is 4.41. The van der Waals surface area contributed by atoms with Crippen molar-refractivity contribution in [1.29, 1.82) is 0 Å². The summed E-state index contributed by atoms with van der Waals surface area (Å²) >= 11 is 0. The van der Waals surface area contributed by atoms with E-state index in [9.17, 15) is 4.79 Å². The first-order chi connectivity index (χ1) is 11.0. The van der Waals surface area contributed by atoms with Crippen molar-refractivity contribution in [3.8, 4) is 0 Å². The number of ether oxygens (including phenoxy) is 3. The molecule has 3 fully saturated rings. The van der Waals surface area contributed by atoms with Gasteiger partial charge in [0, 0.05) is 31.5 Å². The number of hydrogen-bond donors (Lipinski definition) is 1. The van der Waals surface area contributed by atoms with Crippen molar-refractivity contribution in [3.05, 3.63) is 0 Å². The van der Waals surface area contributed by atoms with Crippen LogP contribution in [0, 0.1) is 11.3 Å². The number of carbonyl (C=O) groups excluding carboxylic acids is 1. The minimum Gasteiger partial charge on any atom is -0.379 e. The second kappa shape index (κ2) is 6.95. The molecule has 6 heteroatoms. The number of carbonyl (C=O) groups is 1. The highest BCUT2D eigenvalue weighted by molar-refractivity contribution is 5.74. The highest BCUT2D eigenvalue weighted by atomic mass is 16.7. The van der Waals surface area contributed by atoms with Crippen molar-refractivity contribution in [2.24, 2.45) is 11.3 Å². The van der Waals surface area contributed by atoms with E-state index in [0.717, 1.165) is 19.6 Å². The van der Waals surface area contributed by atoms with E-state index in [2.05, 4.69) is 12.2 Å². The number of rotatable bonds is 4. The lowest BCUT2D eigenvalue weighted by atomic mass is 9.69. The molecule has 1 atom stereocenters. The Morgan fingerprint density at radius 2 is 2.00 bits per heavy atom. The fourth-order valence-electron chi connectivity index (χ4n) is 3.90. The smallest absolute Gasteiger partial charge is 0.317 e. The van der Waals surface area contributed by atoms with Crippen molar-refractivity contribution in [1.82, 2.24) is 10.2 Å². The fraction of sp³-hybridized carbons (Fsp3) is 0.941. The van der Waals surface area contributed by atoms with Gasteiger partial charge < -0.3 is 24.4 Å². The third-order valence-electron chi connectivity index (χ3n) is 5.36. The van der Waals surface area contributed by atoms with Gasteiger partial charge in [-0.2, -0.15) is 0 Å². The molecule has 2 heterocycles. The van der Waals surface area contributed by atoms with Crippen LogP contribution in [-0.4, -0.2) is 62.8 Å². The second-order valence-corrected chi connectivity index (χ2v) is 7.65. The summed E-state index contributed by atoms with van der Waals surface area (Å²) in [4.78, 5) is 14.4. The van der Waals surface area contributed by atoms with Crippen LogP contribution >= 0.6 is 0 Å². The Morgan fingerprint density at radius 3 is 2.65 bits per heavy atom. The summed E-state index contributed by atoms with van der Waals surface area (Å²) in [5.74, 6) is -0.181. The maximum Gasteiger partial charge on any atom is 0.317 e. The topological polar surface area (TPSA) is 60.0 Å². The van der Waals surface area contributed by atoms with Gasteiger partial charge in [-0.15, -0.1) is 0 Å². The Kier molecular flexibility index (Phi) is 5.13. The first-order valence-corrected chi connectivity index (χ1v) is 8.89. The van der Waals surface area contributed by atoms with Gasteiger partial charge in [-0.05, 0) is 25.7 Å². The fourth-order valence-corrected chi connectivity index (χ4v) is 3.90. The summed E-state index contributed by atoms with van der Waals surface area (Å²) < 4.78 is 17.0. The molecule has 23 heavy (non-hydrogen) atoms. The SMILES string of the molecule is C[C@@H](CNC(=O)N1CCOCC2(CCC2)C1)CC1(C)OCCO1. The van der Waals surface area contributed by atoms with Gasteiger partial charge in [0.05, 0.1) is 26.4 Å². The van der Waals surface area contributed by atoms with Crippen LogP contribution in [-0.2, 0) is 14.2 Å². The summed E-state index contributed by atoms with van der Waals surface area (Å²) in [6.45, 7) is 9.02. The van der Waals surface area contributed by atoms with Gasteiger partial charge in [0.2, 0.25) is 0 Å². The van der Waals surface area contributed by atoms with E-state index >= 15 is 0 Å². The summed E-state index contributed by atoms with van der Waals surface area (Å²) in [5, 5.41) is 3.08. The van der Waals surface area contributed by atoms with E-state index in [1.807, 2.05) is 11.8 Å². The molecule has 1 spiro atoms. The zero-order valence-electron chi connectivity index (χ0n) is 14.4. The van der Waals surface area contributed by atoms with Crippen LogP contribution in [0.5, 0.6) is 0 Å². The van der Waals surface area contributed by atoms with Crippen LogP contribution in [0.2, 0.25) is 0 Å². The van der Waals surface area contributed by atoms with E-state index in [1.54, 1.807) is 0 Å². The molecule has 1 N–H and O–H groups in total. The Labute approximate surface area is 138 Å². The minimum atomic E-state index is -0.490. The number of hydrogen-bond acceptors (Lipinski definition) is 4. The average Bonchev–Trinajstić information content (AvgIpc) is 2.77. The van der Waals surface area contributed by atoms with Gasteiger partial charge in [-0.25, -0.2) is 4.79 Å². The molecule has 2 amide bonds. The molecule has 1 aliphatic carbocycles. The molecule has 1 saturated carbocycles. The van der Waals surface area contributed by atoms with Crippen LogP contribution < -0.4 is 5.32 Å². The molecule has 3 aliphatic rings. The van der Waals surface area contributed by atoms with Crippen molar-refractivity contribution in [2.45, 2.75) is 45.3 Å². The molecule has 6 nitrogen and oxygen atoms in total. The Balaban J connectivity index is 1.44. The normalized spacial score (nSPS) is 27.3. The monoisotopic (exact) mass is 326 g/mol. The lowest BCUT2D eigenvalue weighted by molar-refractivity contribution is -0.153. The van der Waals surface area contributed by atoms with Crippen molar-refractivity contribution >= 4 is 6.03 Å². The third kappa shape index (κ3) is 4.17. The number of urea groups is 1. The highest BCUT2D eigenvalue weighted by Gasteiger charge is 2.41. The Morgan fingerprint density at radius 1 is 1.26 bits per heavy atom. The van der Waals surface area contributed by atoms with Gasteiger partial charge in [-0.3, -0.25) is 0 Å². The molecule has 0 aromatic carbocycles. The quantitative estimate of drug-likeness (QED) is 0.858. The number of amides is 2. The summed E-state index contributed by atoms with van der Waals surface area (Å²) in [7, 11) is 0. The molecule has 0 unspecified atom stereocenters.